The number of carbonyl (C=O) groups excluding carboxylic acids is 1. The summed E-state index contributed by atoms with van der Waals surface area (Å²) in [7, 11) is -2.42. The molecule has 0 N–H and O–H groups in total. The maximum Gasteiger partial charge on any atom is 0.204 e. The second-order valence-electron chi connectivity index (χ2n) is 8.06. The first-order chi connectivity index (χ1) is 13.9. The molecule has 0 aliphatic heterocycles. The number of hydrogen-bond donors (Lipinski definition) is 0. The zero-order valence-corrected chi connectivity index (χ0v) is 18.2. The summed E-state index contributed by atoms with van der Waals surface area (Å²) in [4.78, 5) is 12.4. The highest BCUT2D eigenvalue weighted by Gasteiger charge is 2.46. The van der Waals surface area contributed by atoms with Crippen molar-refractivity contribution in [2.75, 3.05) is 0 Å². The van der Waals surface area contributed by atoms with Gasteiger partial charge in [-0.25, -0.2) is 0 Å². The van der Waals surface area contributed by atoms with Crippen molar-refractivity contribution in [1.29, 1.82) is 0 Å². The highest BCUT2D eigenvalue weighted by atomic mass is 28.3. The summed E-state index contributed by atoms with van der Waals surface area (Å²) in [6.07, 6.45) is 3.27. The van der Waals surface area contributed by atoms with Crippen LogP contribution in [0.3, 0.4) is 0 Å². The average molecular weight is 395 g/mol. The van der Waals surface area contributed by atoms with Crippen molar-refractivity contribution in [1.82, 2.24) is 0 Å². The molecule has 0 heterocycles. The van der Waals surface area contributed by atoms with Gasteiger partial charge in [-0.15, -0.1) is 5.54 Å². The molecule has 0 aliphatic carbocycles. The Balaban J connectivity index is 2.07. The molecule has 0 bridgehead atoms. The SMILES string of the molecule is CC(C)(C)[Si](C#C/C=C\C(=O)c1ccccc1)(c1ccccc1)c1ccccc1. The zero-order valence-electron chi connectivity index (χ0n) is 17.2. The Labute approximate surface area is 175 Å². The number of carbonyl (C=O) groups is 1. The van der Waals surface area contributed by atoms with E-state index >= 15 is 0 Å². The van der Waals surface area contributed by atoms with Crippen molar-refractivity contribution in [3.05, 3.63) is 109 Å². The molecule has 0 saturated heterocycles. The first-order valence-electron chi connectivity index (χ1n) is 9.85. The number of rotatable bonds is 4. The van der Waals surface area contributed by atoms with E-state index in [9.17, 15) is 4.79 Å². The molecule has 1 nitrogen and oxygen atoms in total. The van der Waals surface area contributed by atoms with Crippen molar-refractivity contribution >= 4 is 24.2 Å². The molecule has 0 radical (unpaired) electrons. The molecule has 0 saturated carbocycles. The second kappa shape index (κ2) is 8.90. The Morgan fingerprint density at radius 1 is 0.759 bits per heavy atom. The topological polar surface area (TPSA) is 17.1 Å². The molecule has 0 aromatic heterocycles. The van der Waals surface area contributed by atoms with Gasteiger partial charge in [0.15, 0.2) is 5.78 Å². The van der Waals surface area contributed by atoms with Gasteiger partial charge in [0.05, 0.1) is 0 Å². The Bertz CT molecular complexity index is 994. The van der Waals surface area contributed by atoms with Gasteiger partial charge in [-0.2, -0.15) is 0 Å². The van der Waals surface area contributed by atoms with Gasteiger partial charge in [-0.05, 0) is 27.6 Å². The number of hydrogen-bond acceptors (Lipinski definition) is 1. The van der Waals surface area contributed by atoms with Crippen LogP contribution in [0.2, 0.25) is 5.04 Å². The fourth-order valence-electron chi connectivity index (χ4n) is 3.71. The van der Waals surface area contributed by atoms with E-state index in [2.05, 4.69) is 80.8 Å². The van der Waals surface area contributed by atoms with Crippen molar-refractivity contribution in [3.8, 4) is 11.5 Å². The van der Waals surface area contributed by atoms with Crippen LogP contribution in [0.5, 0.6) is 0 Å². The molecule has 3 aromatic rings. The third kappa shape index (κ3) is 4.47. The lowest BCUT2D eigenvalue weighted by atomic mass is 10.1. The third-order valence-corrected chi connectivity index (χ3v) is 10.3. The second-order valence-corrected chi connectivity index (χ2v) is 12.5. The van der Waals surface area contributed by atoms with Crippen molar-refractivity contribution in [2.24, 2.45) is 0 Å². The van der Waals surface area contributed by atoms with Crippen LogP contribution < -0.4 is 10.4 Å². The molecular weight excluding hydrogens is 368 g/mol. The van der Waals surface area contributed by atoms with Crippen LogP contribution in [0.15, 0.2) is 103 Å². The van der Waals surface area contributed by atoms with E-state index in [0.29, 0.717) is 5.56 Å². The Morgan fingerprint density at radius 3 is 1.66 bits per heavy atom. The summed E-state index contributed by atoms with van der Waals surface area (Å²) in [6.45, 7) is 6.81. The first-order valence-corrected chi connectivity index (χ1v) is 11.8. The van der Waals surface area contributed by atoms with Crippen LogP contribution >= 0.6 is 0 Å². The van der Waals surface area contributed by atoms with E-state index in [-0.39, 0.29) is 10.8 Å². The van der Waals surface area contributed by atoms with Crippen LogP contribution in [-0.2, 0) is 0 Å². The van der Waals surface area contributed by atoms with Crippen LogP contribution in [0.25, 0.3) is 0 Å². The molecular formula is C27H26OSi. The van der Waals surface area contributed by atoms with Gasteiger partial charge in [0.2, 0.25) is 8.07 Å². The van der Waals surface area contributed by atoms with E-state index in [1.807, 2.05) is 42.5 Å². The molecule has 29 heavy (non-hydrogen) atoms. The van der Waals surface area contributed by atoms with Gasteiger partial charge in [0.25, 0.3) is 0 Å². The van der Waals surface area contributed by atoms with Crippen LogP contribution in [-0.4, -0.2) is 13.9 Å². The van der Waals surface area contributed by atoms with E-state index in [1.54, 1.807) is 12.2 Å². The molecule has 0 fully saturated rings. The molecule has 0 atom stereocenters. The molecule has 0 spiro atoms. The minimum absolute atomic E-state index is 0.0256. The summed E-state index contributed by atoms with van der Waals surface area (Å²) in [5.41, 5.74) is 4.34. The summed E-state index contributed by atoms with van der Waals surface area (Å²) in [6, 6.07) is 30.5. The van der Waals surface area contributed by atoms with Crippen LogP contribution in [0.1, 0.15) is 31.1 Å². The molecule has 0 unspecified atom stereocenters. The first kappa shape index (κ1) is 20.6. The normalized spacial score (nSPS) is 11.7. The van der Waals surface area contributed by atoms with E-state index in [0.717, 1.165) is 0 Å². The van der Waals surface area contributed by atoms with Gasteiger partial charge >= 0.3 is 0 Å². The van der Waals surface area contributed by atoms with Crippen molar-refractivity contribution < 1.29 is 4.79 Å². The molecule has 3 aromatic carbocycles. The monoisotopic (exact) mass is 394 g/mol. The molecule has 3 rings (SSSR count). The molecule has 2 heteroatoms. The maximum absolute atomic E-state index is 12.4. The molecule has 0 amide bonds. The van der Waals surface area contributed by atoms with Crippen molar-refractivity contribution in [2.45, 2.75) is 25.8 Å². The van der Waals surface area contributed by atoms with Crippen molar-refractivity contribution in [3.63, 3.8) is 0 Å². The fourth-order valence-corrected chi connectivity index (χ4v) is 8.12. The highest BCUT2D eigenvalue weighted by Crippen LogP contribution is 2.35. The summed E-state index contributed by atoms with van der Waals surface area (Å²) in [5, 5.41) is 2.54. The highest BCUT2D eigenvalue weighted by molar-refractivity contribution is 7.10. The fraction of sp³-hybridized carbons (Fsp3) is 0.148. The summed E-state index contributed by atoms with van der Waals surface area (Å²) in [5.74, 6) is 3.22. The van der Waals surface area contributed by atoms with Gasteiger partial charge in [-0.1, -0.05) is 118 Å². The number of allylic oxidation sites excluding steroid dienone is 2. The predicted octanol–water partition coefficient (Wildman–Crippen LogP) is 5.03. The van der Waals surface area contributed by atoms with Gasteiger partial charge < -0.3 is 0 Å². The smallest absolute Gasteiger partial charge is 0.204 e. The van der Waals surface area contributed by atoms with Crippen LogP contribution in [0, 0.1) is 11.5 Å². The quantitative estimate of drug-likeness (QED) is 0.262. The minimum Gasteiger partial charge on any atom is -0.289 e. The zero-order chi connectivity index (χ0) is 20.7. The van der Waals surface area contributed by atoms with E-state index in [4.69, 9.17) is 0 Å². The molecule has 0 aliphatic rings. The molecule has 144 valence electrons. The summed E-state index contributed by atoms with van der Waals surface area (Å²) < 4.78 is 0. The largest absolute Gasteiger partial charge is 0.289 e. The number of benzene rings is 3. The number of ketones is 1. The predicted molar refractivity (Wildman–Crippen MR) is 125 cm³/mol. The van der Waals surface area contributed by atoms with Gasteiger partial charge in [-0.3, -0.25) is 4.79 Å². The maximum atomic E-state index is 12.4. The summed E-state index contributed by atoms with van der Waals surface area (Å²) >= 11 is 0. The van der Waals surface area contributed by atoms with E-state index < -0.39 is 8.07 Å². The lowest BCUT2D eigenvalue weighted by Gasteiger charge is -2.39. The lowest BCUT2D eigenvalue weighted by molar-refractivity contribution is 0.104. The average Bonchev–Trinajstić information content (AvgIpc) is 2.74. The van der Waals surface area contributed by atoms with Gasteiger partial charge in [0, 0.05) is 5.56 Å². The van der Waals surface area contributed by atoms with Gasteiger partial charge in [0.1, 0.15) is 0 Å². The Hall–Kier alpha value is -3.15. The Morgan fingerprint density at radius 2 is 1.21 bits per heavy atom. The minimum atomic E-state index is -2.42. The third-order valence-electron chi connectivity index (χ3n) is 5.17. The Kier molecular flexibility index (Phi) is 6.31. The van der Waals surface area contributed by atoms with E-state index in [1.165, 1.54) is 10.4 Å². The lowest BCUT2D eigenvalue weighted by Crippen LogP contribution is -2.63. The van der Waals surface area contributed by atoms with Crippen LogP contribution in [0.4, 0.5) is 0 Å². The standard InChI is InChI=1S/C27H26OSi/c1-27(2,3)29(24-17-9-5-10-18-24,25-19-11-6-12-20-25)22-14-13-21-26(28)23-15-7-4-8-16-23/h4-13,15-21H,1-3H3/b21-13-.